The normalized spacial score (nSPS) is 19.2. The van der Waals surface area contributed by atoms with Gasteiger partial charge in [0.05, 0.1) is 22.4 Å². The molecule has 0 aliphatic carbocycles. The maximum absolute atomic E-state index is 12.2. The van der Waals surface area contributed by atoms with Crippen molar-refractivity contribution in [3.05, 3.63) is 23.8 Å². The number of hydrogen-bond donors (Lipinski definition) is 0. The molecule has 0 amide bonds. The Morgan fingerprint density at radius 2 is 1.79 bits per heavy atom. The summed E-state index contributed by atoms with van der Waals surface area (Å²) < 4.78 is 23.3. The van der Waals surface area contributed by atoms with E-state index < -0.39 is 30.0 Å². The Labute approximate surface area is 168 Å². The van der Waals surface area contributed by atoms with Crippen molar-refractivity contribution in [3.63, 3.8) is 0 Å². The second-order valence-corrected chi connectivity index (χ2v) is 9.08. The fraction of sp³-hybridized carbons (Fsp3) is 0.619. The Morgan fingerprint density at radius 3 is 2.29 bits per heavy atom. The summed E-state index contributed by atoms with van der Waals surface area (Å²) in [7, 11) is -0.562. The number of benzene rings is 1. The van der Waals surface area contributed by atoms with Gasteiger partial charge in [-0.2, -0.15) is 5.26 Å². The average molecular weight is 387 g/mol. The number of ether oxygens (including phenoxy) is 2. The molecule has 0 spiro atoms. The Kier molecular flexibility index (Phi) is 6.29. The summed E-state index contributed by atoms with van der Waals surface area (Å²) in [4.78, 5) is 12.2. The molecule has 0 N–H and O–H groups in total. The molecule has 6 nitrogen and oxygen atoms in total. The van der Waals surface area contributed by atoms with Crippen LogP contribution in [0.1, 0.15) is 61.0 Å². The Bertz CT molecular complexity index is 760. The number of nitrogens with zero attached hydrogens (tertiary/aromatic N) is 1. The molecule has 0 bridgehead atoms. The molecule has 28 heavy (non-hydrogen) atoms. The van der Waals surface area contributed by atoms with Gasteiger partial charge in [-0.3, -0.25) is 4.79 Å². The van der Waals surface area contributed by atoms with Crippen LogP contribution in [0.2, 0.25) is 0 Å². The van der Waals surface area contributed by atoms with Gasteiger partial charge in [0, 0.05) is 0 Å². The zero-order valence-electron chi connectivity index (χ0n) is 18.1. The first-order chi connectivity index (χ1) is 12.8. The van der Waals surface area contributed by atoms with Gasteiger partial charge in [0.2, 0.25) is 0 Å². The van der Waals surface area contributed by atoms with E-state index in [0.717, 1.165) is 5.46 Å². The predicted octanol–water partition coefficient (Wildman–Crippen LogP) is 3.01. The van der Waals surface area contributed by atoms with E-state index in [4.69, 9.17) is 18.8 Å². The van der Waals surface area contributed by atoms with Crippen LogP contribution >= 0.6 is 0 Å². The molecule has 1 aliphatic heterocycles. The molecule has 1 heterocycles. The minimum absolute atomic E-state index is 0.165. The SMILES string of the molecule is C[C@H](OC(C)(C)C)C(=O)COc1ccc(B2OC(C)(C)C(C)(C)O2)cc1C#N. The molecule has 0 radical (unpaired) electrons. The lowest BCUT2D eigenvalue weighted by molar-refractivity contribution is -0.140. The van der Waals surface area contributed by atoms with Crippen LogP contribution in [0.3, 0.4) is 0 Å². The van der Waals surface area contributed by atoms with Crippen molar-refractivity contribution < 1.29 is 23.6 Å². The summed E-state index contributed by atoms with van der Waals surface area (Å²) in [5, 5.41) is 9.50. The number of hydrogen-bond acceptors (Lipinski definition) is 6. The summed E-state index contributed by atoms with van der Waals surface area (Å²) in [6.45, 7) is 15.1. The molecule has 0 unspecified atom stereocenters. The number of Topliss-reactive ketones (excluding diaryl/α,β-unsaturated/α-hetero) is 1. The third-order valence-electron chi connectivity index (χ3n) is 5.00. The first-order valence-corrected chi connectivity index (χ1v) is 9.49. The topological polar surface area (TPSA) is 77.8 Å². The van der Waals surface area contributed by atoms with E-state index in [-0.39, 0.29) is 12.4 Å². The number of carbonyl (C=O) groups is 1. The lowest BCUT2D eigenvalue weighted by Crippen LogP contribution is -2.41. The molecule has 0 aromatic heterocycles. The van der Waals surface area contributed by atoms with E-state index >= 15 is 0 Å². The van der Waals surface area contributed by atoms with E-state index in [1.54, 1.807) is 25.1 Å². The average Bonchev–Trinajstić information content (AvgIpc) is 2.78. The highest BCUT2D eigenvalue weighted by atomic mass is 16.7. The van der Waals surface area contributed by atoms with Crippen LogP contribution in [0.15, 0.2) is 18.2 Å². The fourth-order valence-electron chi connectivity index (χ4n) is 2.75. The molecule has 1 fully saturated rings. The van der Waals surface area contributed by atoms with Gasteiger partial charge < -0.3 is 18.8 Å². The Balaban J connectivity index is 2.08. The summed E-state index contributed by atoms with van der Waals surface area (Å²) in [5.74, 6) is 0.160. The summed E-state index contributed by atoms with van der Waals surface area (Å²) >= 11 is 0. The maximum Gasteiger partial charge on any atom is 0.494 e. The number of nitriles is 1. The highest BCUT2D eigenvalue weighted by Crippen LogP contribution is 2.36. The third kappa shape index (κ3) is 5.13. The van der Waals surface area contributed by atoms with Crippen molar-refractivity contribution in [1.29, 1.82) is 5.26 Å². The molecule has 7 heteroatoms. The minimum Gasteiger partial charge on any atom is -0.484 e. The van der Waals surface area contributed by atoms with Gasteiger partial charge >= 0.3 is 7.12 Å². The van der Waals surface area contributed by atoms with Crippen LogP contribution in [-0.2, 0) is 18.8 Å². The summed E-state index contributed by atoms with van der Waals surface area (Å²) in [6.07, 6.45) is -0.588. The second-order valence-electron chi connectivity index (χ2n) is 9.08. The minimum atomic E-state index is -0.588. The van der Waals surface area contributed by atoms with Crippen LogP contribution in [0.25, 0.3) is 0 Å². The van der Waals surface area contributed by atoms with E-state index in [1.807, 2.05) is 48.5 Å². The molecule has 1 aliphatic rings. The maximum atomic E-state index is 12.2. The quantitative estimate of drug-likeness (QED) is 0.699. The van der Waals surface area contributed by atoms with Gasteiger partial charge in [-0.25, -0.2) is 0 Å². The van der Waals surface area contributed by atoms with Crippen molar-refractivity contribution in [1.82, 2.24) is 0 Å². The number of rotatable bonds is 6. The van der Waals surface area contributed by atoms with Gasteiger partial charge in [-0.1, -0.05) is 6.07 Å². The molecule has 1 aromatic carbocycles. The van der Waals surface area contributed by atoms with Crippen molar-refractivity contribution in [3.8, 4) is 11.8 Å². The smallest absolute Gasteiger partial charge is 0.484 e. The van der Waals surface area contributed by atoms with Gasteiger partial charge in [0.25, 0.3) is 0 Å². The molecule has 2 rings (SSSR count). The predicted molar refractivity (Wildman–Crippen MR) is 108 cm³/mol. The van der Waals surface area contributed by atoms with E-state index in [9.17, 15) is 10.1 Å². The van der Waals surface area contributed by atoms with E-state index in [2.05, 4.69) is 6.07 Å². The van der Waals surface area contributed by atoms with Gasteiger partial charge in [0.1, 0.15) is 24.5 Å². The van der Waals surface area contributed by atoms with Crippen molar-refractivity contribution >= 4 is 18.4 Å². The first kappa shape index (κ1) is 22.4. The number of ketones is 1. The Morgan fingerprint density at radius 1 is 1.21 bits per heavy atom. The lowest BCUT2D eigenvalue weighted by atomic mass is 9.78. The first-order valence-electron chi connectivity index (χ1n) is 9.49. The van der Waals surface area contributed by atoms with Crippen LogP contribution in [0.4, 0.5) is 0 Å². The second kappa shape index (κ2) is 7.86. The van der Waals surface area contributed by atoms with Crippen molar-refractivity contribution in [2.24, 2.45) is 0 Å². The highest BCUT2D eigenvalue weighted by molar-refractivity contribution is 6.62. The molecule has 0 saturated carbocycles. The van der Waals surface area contributed by atoms with Crippen molar-refractivity contribution in [2.75, 3.05) is 6.61 Å². The molecule has 1 aromatic rings. The van der Waals surface area contributed by atoms with E-state index in [1.165, 1.54) is 0 Å². The van der Waals surface area contributed by atoms with Crippen molar-refractivity contribution in [2.45, 2.75) is 78.3 Å². The fourth-order valence-corrected chi connectivity index (χ4v) is 2.75. The largest absolute Gasteiger partial charge is 0.494 e. The zero-order chi connectivity index (χ0) is 21.3. The van der Waals surface area contributed by atoms with Crippen LogP contribution < -0.4 is 10.2 Å². The van der Waals surface area contributed by atoms with Crippen LogP contribution in [0, 0.1) is 11.3 Å². The molecular formula is C21H30BNO5. The van der Waals surface area contributed by atoms with Crippen LogP contribution in [-0.4, -0.2) is 42.4 Å². The molecule has 152 valence electrons. The monoisotopic (exact) mass is 387 g/mol. The molecule has 1 saturated heterocycles. The van der Waals surface area contributed by atoms with Gasteiger partial charge in [0.15, 0.2) is 5.78 Å². The van der Waals surface area contributed by atoms with Crippen LogP contribution in [0.5, 0.6) is 5.75 Å². The molecule has 1 atom stereocenters. The Hall–Kier alpha value is -1.88. The third-order valence-corrected chi connectivity index (χ3v) is 5.00. The number of carbonyl (C=O) groups excluding carboxylic acids is 1. The summed E-state index contributed by atoms with van der Waals surface area (Å²) in [5.41, 5.74) is -0.287. The summed E-state index contributed by atoms with van der Waals surface area (Å²) in [6, 6.07) is 7.25. The molecular weight excluding hydrogens is 357 g/mol. The zero-order valence-corrected chi connectivity index (χ0v) is 18.1. The standard InChI is InChI=1S/C21H30BNO5/c1-14(26-19(2,3)4)17(24)13-25-18-10-9-16(11-15(18)12-23)22-27-20(5,6)21(7,8)28-22/h9-11,14H,13H2,1-8H3/t14-/m0/s1. The van der Waals surface area contributed by atoms with E-state index in [0.29, 0.717) is 11.3 Å². The van der Waals surface area contributed by atoms with Gasteiger partial charge in [-0.15, -0.1) is 0 Å². The highest BCUT2D eigenvalue weighted by Gasteiger charge is 2.51. The van der Waals surface area contributed by atoms with Gasteiger partial charge in [-0.05, 0) is 73.0 Å². The lowest BCUT2D eigenvalue weighted by Gasteiger charge is -2.32.